The van der Waals surface area contributed by atoms with E-state index in [-0.39, 0.29) is 43.9 Å². The van der Waals surface area contributed by atoms with E-state index in [9.17, 15) is 19.7 Å². The number of nitro groups is 1. The van der Waals surface area contributed by atoms with Gasteiger partial charge in [-0.05, 0) is 49.2 Å². The van der Waals surface area contributed by atoms with Crippen molar-refractivity contribution in [3.05, 3.63) is 112 Å². The van der Waals surface area contributed by atoms with E-state index in [1.165, 1.54) is 12.1 Å². The summed E-state index contributed by atoms with van der Waals surface area (Å²) in [6.07, 6.45) is 1.67. The Morgan fingerprint density at radius 1 is 0.630 bits per heavy atom. The molecule has 1 aliphatic heterocycles. The number of non-ortho nitro benzene ring substituents is 1. The smallest absolute Gasteiger partial charge is 0.320 e. The van der Waals surface area contributed by atoms with Gasteiger partial charge in [-0.15, -0.1) is 0 Å². The quantitative estimate of drug-likeness (QED) is 0.190. The molecule has 1 fully saturated rings. The summed E-state index contributed by atoms with van der Waals surface area (Å²) in [6.45, 7) is 7.35. The van der Waals surface area contributed by atoms with E-state index in [2.05, 4.69) is 20.0 Å². The Bertz CT molecular complexity index is 1340. The average molecular weight is 632 g/mol. The fraction of sp³-hybridized carbons (Fsp3) is 0.429. The third kappa shape index (κ3) is 13.1. The highest BCUT2D eigenvalue weighted by Gasteiger charge is 2.17. The van der Waals surface area contributed by atoms with E-state index in [0.29, 0.717) is 32.7 Å². The van der Waals surface area contributed by atoms with E-state index in [0.717, 1.165) is 55.7 Å². The maximum atomic E-state index is 12.8. The van der Waals surface area contributed by atoms with Crippen molar-refractivity contribution in [3.63, 3.8) is 0 Å². The Labute approximate surface area is 271 Å². The summed E-state index contributed by atoms with van der Waals surface area (Å²) in [4.78, 5) is 42.8. The van der Waals surface area contributed by atoms with Gasteiger partial charge in [-0.3, -0.25) is 34.4 Å². The first-order chi connectivity index (χ1) is 22.4. The molecule has 46 heavy (non-hydrogen) atoms. The molecule has 1 saturated heterocycles. The lowest BCUT2D eigenvalue weighted by Gasteiger charge is -2.29. The van der Waals surface area contributed by atoms with Gasteiger partial charge in [0.25, 0.3) is 5.69 Å². The van der Waals surface area contributed by atoms with Gasteiger partial charge in [0.1, 0.15) is 13.2 Å². The van der Waals surface area contributed by atoms with Crippen LogP contribution in [0.4, 0.5) is 5.69 Å². The Balaban J connectivity index is 1.35. The van der Waals surface area contributed by atoms with E-state index in [4.69, 9.17) is 9.47 Å². The van der Waals surface area contributed by atoms with Crippen LogP contribution in [0.1, 0.15) is 29.5 Å². The summed E-state index contributed by atoms with van der Waals surface area (Å²) >= 11 is 0. The molecule has 0 aromatic heterocycles. The second-order valence-electron chi connectivity index (χ2n) is 11.5. The lowest BCUT2D eigenvalue weighted by atomic mass is 10.2. The van der Waals surface area contributed by atoms with Gasteiger partial charge in [0.15, 0.2) is 0 Å². The molecule has 1 N–H and O–H groups in total. The molecule has 0 saturated carbocycles. The Kier molecular flexibility index (Phi) is 14.6. The van der Waals surface area contributed by atoms with Gasteiger partial charge in [0.05, 0.1) is 18.0 Å². The minimum absolute atomic E-state index is 0.0633. The van der Waals surface area contributed by atoms with Crippen LogP contribution < -0.4 is 5.32 Å². The van der Waals surface area contributed by atoms with E-state index < -0.39 is 4.92 Å². The molecule has 3 aromatic rings. The molecule has 1 aliphatic rings. The van der Waals surface area contributed by atoms with Crippen LogP contribution in [0, 0.1) is 10.1 Å². The molecule has 4 rings (SSSR count). The lowest BCUT2D eigenvalue weighted by molar-refractivity contribution is -0.384. The number of benzene rings is 3. The molecular weight excluding hydrogens is 586 g/mol. The van der Waals surface area contributed by atoms with Crippen LogP contribution in [0.3, 0.4) is 0 Å². The molecule has 0 atom stereocenters. The molecule has 0 aliphatic carbocycles. The van der Waals surface area contributed by atoms with Crippen molar-refractivity contribution in [1.82, 2.24) is 20.0 Å². The molecule has 0 bridgehead atoms. The SMILES string of the molecule is O=C(CN1CCCN(Cc2ccc([N+](=O)[O-])cc2)CCN(CC(=O)OCc2ccccc2)CCCNCC1)OCc1ccccc1. The van der Waals surface area contributed by atoms with Crippen molar-refractivity contribution >= 4 is 17.6 Å². The molecule has 11 heteroatoms. The zero-order chi connectivity index (χ0) is 32.4. The summed E-state index contributed by atoms with van der Waals surface area (Å²) in [5, 5.41) is 14.6. The predicted molar refractivity (Wildman–Crippen MR) is 176 cm³/mol. The molecule has 11 nitrogen and oxygen atoms in total. The number of nitrogens with zero attached hydrogens (tertiary/aromatic N) is 4. The number of carbonyl (C=O) groups is 2. The van der Waals surface area contributed by atoms with Crippen molar-refractivity contribution < 1.29 is 24.0 Å². The third-order valence-electron chi connectivity index (χ3n) is 7.86. The average Bonchev–Trinajstić information content (AvgIpc) is 3.07. The highest BCUT2D eigenvalue weighted by molar-refractivity contribution is 5.72. The number of rotatable bonds is 11. The largest absolute Gasteiger partial charge is 0.460 e. The topological polar surface area (TPSA) is 117 Å². The van der Waals surface area contributed by atoms with Gasteiger partial charge < -0.3 is 14.8 Å². The highest BCUT2D eigenvalue weighted by Crippen LogP contribution is 2.14. The van der Waals surface area contributed by atoms with Gasteiger partial charge in [-0.2, -0.15) is 0 Å². The minimum atomic E-state index is -0.394. The van der Waals surface area contributed by atoms with Crippen LogP contribution in [-0.4, -0.2) is 97.0 Å². The summed E-state index contributed by atoms with van der Waals surface area (Å²) in [5.74, 6) is -0.503. The minimum Gasteiger partial charge on any atom is -0.460 e. The molecule has 246 valence electrons. The maximum Gasteiger partial charge on any atom is 0.320 e. The number of nitrogens with one attached hydrogen (secondary N) is 1. The first-order valence-corrected chi connectivity index (χ1v) is 15.9. The molecule has 0 spiro atoms. The third-order valence-corrected chi connectivity index (χ3v) is 7.86. The standard InChI is InChI=1S/C35H45N5O6/c41-34(45-28-31-9-3-1-4-10-31)26-37-20-8-21-38(25-30-13-15-33(16-14-30)40(43)44)23-24-39(19-7-17-36-18-22-37)27-35(42)46-29-32-11-5-2-6-12-32/h1-6,9-16,36H,7-8,17-29H2. The number of hydrogen-bond donors (Lipinski definition) is 1. The van der Waals surface area contributed by atoms with Crippen LogP contribution in [0.15, 0.2) is 84.9 Å². The predicted octanol–water partition coefficient (Wildman–Crippen LogP) is 3.87. The summed E-state index contributed by atoms with van der Waals surface area (Å²) in [5.41, 5.74) is 2.95. The van der Waals surface area contributed by atoms with Crippen molar-refractivity contribution in [1.29, 1.82) is 0 Å². The van der Waals surface area contributed by atoms with Crippen LogP contribution in [0.2, 0.25) is 0 Å². The normalized spacial score (nSPS) is 16.3. The van der Waals surface area contributed by atoms with E-state index >= 15 is 0 Å². The number of carbonyl (C=O) groups excluding carboxylic acids is 2. The lowest BCUT2D eigenvalue weighted by Crippen LogP contribution is -2.42. The fourth-order valence-corrected chi connectivity index (χ4v) is 5.31. The fourth-order valence-electron chi connectivity index (χ4n) is 5.31. The van der Waals surface area contributed by atoms with E-state index in [1.807, 2.05) is 60.7 Å². The molecule has 1 heterocycles. The first-order valence-electron chi connectivity index (χ1n) is 15.9. The number of esters is 2. The first kappa shape index (κ1) is 34.7. The Hall–Kier alpha value is -4.16. The van der Waals surface area contributed by atoms with Gasteiger partial charge in [-0.1, -0.05) is 72.8 Å². The van der Waals surface area contributed by atoms with Gasteiger partial charge in [0.2, 0.25) is 0 Å². The number of nitro benzene ring substituents is 1. The summed E-state index contributed by atoms with van der Waals surface area (Å²) in [7, 11) is 0. The summed E-state index contributed by atoms with van der Waals surface area (Å²) < 4.78 is 11.1. The number of ether oxygens (including phenoxy) is 2. The molecule has 0 radical (unpaired) electrons. The van der Waals surface area contributed by atoms with Gasteiger partial charge in [0, 0.05) is 51.4 Å². The second-order valence-corrected chi connectivity index (χ2v) is 11.5. The Morgan fingerprint density at radius 2 is 1.15 bits per heavy atom. The van der Waals surface area contributed by atoms with Crippen LogP contribution >= 0.6 is 0 Å². The molecular formula is C35H45N5O6. The summed E-state index contributed by atoms with van der Waals surface area (Å²) in [6, 6.07) is 26.0. The zero-order valence-corrected chi connectivity index (χ0v) is 26.4. The maximum absolute atomic E-state index is 12.8. The monoisotopic (exact) mass is 631 g/mol. The molecule has 0 amide bonds. The van der Waals surface area contributed by atoms with Crippen LogP contribution in [-0.2, 0) is 38.8 Å². The Morgan fingerprint density at radius 3 is 1.74 bits per heavy atom. The van der Waals surface area contributed by atoms with Crippen molar-refractivity contribution in [2.75, 3.05) is 65.4 Å². The van der Waals surface area contributed by atoms with Crippen molar-refractivity contribution in [3.8, 4) is 0 Å². The number of hydrogen-bond acceptors (Lipinski definition) is 10. The van der Waals surface area contributed by atoms with E-state index in [1.54, 1.807) is 12.1 Å². The van der Waals surface area contributed by atoms with Crippen LogP contribution in [0.25, 0.3) is 0 Å². The van der Waals surface area contributed by atoms with Crippen molar-refractivity contribution in [2.45, 2.75) is 32.6 Å². The molecule has 0 unspecified atom stereocenters. The molecule has 3 aromatic carbocycles. The van der Waals surface area contributed by atoms with Gasteiger partial charge >= 0.3 is 11.9 Å². The van der Waals surface area contributed by atoms with Crippen LogP contribution in [0.5, 0.6) is 0 Å². The van der Waals surface area contributed by atoms with Crippen molar-refractivity contribution in [2.24, 2.45) is 0 Å². The second kappa shape index (κ2) is 19.4. The highest BCUT2D eigenvalue weighted by atomic mass is 16.6. The zero-order valence-electron chi connectivity index (χ0n) is 26.4. The van der Waals surface area contributed by atoms with Gasteiger partial charge in [-0.25, -0.2) is 0 Å².